The second-order valence-corrected chi connectivity index (χ2v) is 6.95. The van der Waals surface area contributed by atoms with Gasteiger partial charge in [-0.2, -0.15) is 0 Å². The number of hydrogen-bond acceptors (Lipinski definition) is 4. The molecule has 5 nitrogen and oxygen atoms in total. The summed E-state index contributed by atoms with van der Waals surface area (Å²) >= 11 is 1.65. The predicted octanol–water partition coefficient (Wildman–Crippen LogP) is 3.08. The Bertz CT molecular complexity index is 660. The molecule has 1 aliphatic rings. The number of benzene rings is 1. The van der Waals surface area contributed by atoms with E-state index in [9.17, 15) is 4.79 Å². The normalized spacial score (nSPS) is 16.9. The van der Waals surface area contributed by atoms with E-state index in [2.05, 4.69) is 21.6 Å². The number of anilines is 1. The van der Waals surface area contributed by atoms with E-state index in [-0.39, 0.29) is 6.03 Å². The van der Waals surface area contributed by atoms with Gasteiger partial charge in [-0.25, -0.2) is 4.79 Å². The van der Waals surface area contributed by atoms with Crippen molar-refractivity contribution in [3.8, 4) is 5.75 Å². The fraction of sp³-hybridized carbons (Fsp3) is 0.389. The summed E-state index contributed by atoms with van der Waals surface area (Å²) in [5.41, 5.74) is 1.13. The summed E-state index contributed by atoms with van der Waals surface area (Å²) in [4.78, 5) is 15.4. The van der Waals surface area contributed by atoms with Crippen LogP contribution in [-0.2, 0) is 6.54 Å². The molecule has 2 heterocycles. The third kappa shape index (κ3) is 4.20. The Morgan fingerprint density at radius 3 is 2.96 bits per heavy atom. The summed E-state index contributed by atoms with van der Waals surface area (Å²) in [5, 5.41) is 7.90. The summed E-state index contributed by atoms with van der Waals surface area (Å²) in [6, 6.07) is 12.0. The van der Waals surface area contributed by atoms with Gasteiger partial charge in [0.15, 0.2) is 0 Å². The smallest absolute Gasteiger partial charge is 0.315 e. The highest BCUT2D eigenvalue weighted by Gasteiger charge is 2.24. The van der Waals surface area contributed by atoms with Crippen LogP contribution in [0.25, 0.3) is 0 Å². The highest BCUT2D eigenvalue weighted by molar-refractivity contribution is 7.09. The molecule has 1 aromatic carbocycles. The van der Waals surface area contributed by atoms with Gasteiger partial charge in [0.1, 0.15) is 5.75 Å². The number of ether oxygens (including phenoxy) is 1. The van der Waals surface area contributed by atoms with Crippen LogP contribution in [-0.4, -0.2) is 32.8 Å². The maximum atomic E-state index is 11.9. The molecule has 1 aliphatic heterocycles. The summed E-state index contributed by atoms with van der Waals surface area (Å²) in [6.45, 7) is 3.21. The van der Waals surface area contributed by atoms with Crippen molar-refractivity contribution in [1.82, 2.24) is 10.6 Å². The number of thiophene rings is 1. The van der Waals surface area contributed by atoms with E-state index in [0.29, 0.717) is 19.0 Å². The number of para-hydroxylation sites is 2. The number of hydrogen-bond donors (Lipinski definition) is 2. The monoisotopic (exact) mass is 345 g/mol. The maximum absolute atomic E-state index is 11.9. The van der Waals surface area contributed by atoms with Gasteiger partial charge < -0.3 is 20.3 Å². The van der Waals surface area contributed by atoms with Gasteiger partial charge in [0, 0.05) is 24.5 Å². The van der Waals surface area contributed by atoms with Gasteiger partial charge in [-0.1, -0.05) is 18.2 Å². The van der Waals surface area contributed by atoms with Crippen LogP contribution in [0.15, 0.2) is 41.8 Å². The van der Waals surface area contributed by atoms with E-state index >= 15 is 0 Å². The third-order valence-electron chi connectivity index (χ3n) is 4.27. The van der Waals surface area contributed by atoms with Crippen LogP contribution >= 0.6 is 11.3 Å². The molecule has 1 saturated heterocycles. The molecule has 1 aromatic heterocycles. The molecule has 1 atom stereocenters. The van der Waals surface area contributed by atoms with Crippen molar-refractivity contribution >= 4 is 23.1 Å². The molecule has 1 fully saturated rings. The number of methoxy groups -OCH3 is 1. The summed E-state index contributed by atoms with van der Waals surface area (Å²) in [6.07, 6.45) is 1.07. The first-order valence-corrected chi connectivity index (χ1v) is 9.06. The van der Waals surface area contributed by atoms with Crippen LogP contribution in [0, 0.1) is 5.92 Å². The van der Waals surface area contributed by atoms with Gasteiger partial charge in [0.2, 0.25) is 0 Å². The maximum Gasteiger partial charge on any atom is 0.315 e. The van der Waals surface area contributed by atoms with Crippen molar-refractivity contribution < 1.29 is 9.53 Å². The minimum atomic E-state index is -0.0980. The topological polar surface area (TPSA) is 53.6 Å². The molecule has 2 aromatic rings. The molecular weight excluding hydrogens is 322 g/mol. The van der Waals surface area contributed by atoms with Crippen LogP contribution in [0.2, 0.25) is 0 Å². The molecule has 24 heavy (non-hydrogen) atoms. The van der Waals surface area contributed by atoms with Crippen molar-refractivity contribution in [2.75, 3.05) is 31.6 Å². The zero-order valence-electron chi connectivity index (χ0n) is 13.8. The average molecular weight is 345 g/mol. The lowest BCUT2D eigenvalue weighted by molar-refractivity contribution is 0.239. The number of nitrogens with zero attached hydrogens (tertiary/aromatic N) is 1. The third-order valence-corrected chi connectivity index (χ3v) is 5.14. The predicted molar refractivity (Wildman–Crippen MR) is 97.9 cm³/mol. The Morgan fingerprint density at radius 1 is 1.29 bits per heavy atom. The van der Waals surface area contributed by atoms with E-state index in [1.165, 1.54) is 0 Å². The van der Waals surface area contributed by atoms with E-state index < -0.39 is 0 Å². The van der Waals surface area contributed by atoms with E-state index in [0.717, 1.165) is 35.8 Å². The van der Waals surface area contributed by atoms with Crippen LogP contribution < -0.4 is 20.3 Å². The van der Waals surface area contributed by atoms with Crippen molar-refractivity contribution in [1.29, 1.82) is 0 Å². The van der Waals surface area contributed by atoms with E-state index in [4.69, 9.17) is 4.74 Å². The number of nitrogens with one attached hydrogen (secondary N) is 2. The van der Waals surface area contributed by atoms with E-state index in [1.807, 2.05) is 35.7 Å². The first-order chi connectivity index (χ1) is 11.8. The fourth-order valence-electron chi connectivity index (χ4n) is 2.99. The standard InChI is InChI=1S/C18H23N3O2S/c1-23-17-7-3-2-6-16(17)21-9-8-14(13-21)11-19-18(22)20-12-15-5-4-10-24-15/h2-7,10,14H,8-9,11-13H2,1H3,(H2,19,20,22)/t14-/m1/s1. The molecule has 0 bridgehead atoms. The highest BCUT2D eigenvalue weighted by Crippen LogP contribution is 2.31. The molecule has 2 amide bonds. The molecule has 0 saturated carbocycles. The Labute approximate surface area is 146 Å². The SMILES string of the molecule is COc1ccccc1N1CC[C@H](CNC(=O)NCc2cccs2)C1. The number of amides is 2. The van der Waals surface area contributed by atoms with Crippen molar-refractivity contribution in [2.45, 2.75) is 13.0 Å². The number of rotatable bonds is 6. The quantitative estimate of drug-likeness (QED) is 0.846. The van der Waals surface area contributed by atoms with Crippen molar-refractivity contribution in [2.24, 2.45) is 5.92 Å². The summed E-state index contributed by atoms with van der Waals surface area (Å²) in [7, 11) is 1.70. The van der Waals surface area contributed by atoms with Crippen molar-refractivity contribution in [3.05, 3.63) is 46.7 Å². The minimum Gasteiger partial charge on any atom is -0.495 e. The highest BCUT2D eigenvalue weighted by atomic mass is 32.1. The largest absolute Gasteiger partial charge is 0.495 e. The lowest BCUT2D eigenvalue weighted by atomic mass is 10.1. The van der Waals surface area contributed by atoms with Gasteiger partial charge in [-0.3, -0.25) is 0 Å². The molecule has 6 heteroatoms. The van der Waals surface area contributed by atoms with E-state index in [1.54, 1.807) is 18.4 Å². The Hall–Kier alpha value is -2.21. The average Bonchev–Trinajstić information content (AvgIpc) is 3.29. The number of carbonyl (C=O) groups excluding carboxylic acids is 1. The lowest BCUT2D eigenvalue weighted by Crippen LogP contribution is -2.38. The van der Waals surface area contributed by atoms with Crippen molar-refractivity contribution in [3.63, 3.8) is 0 Å². The first-order valence-electron chi connectivity index (χ1n) is 8.18. The van der Waals surface area contributed by atoms with Crippen LogP contribution in [0.3, 0.4) is 0 Å². The second-order valence-electron chi connectivity index (χ2n) is 5.92. The Balaban J connectivity index is 1.43. The molecule has 0 spiro atoms. The fourth-order valence-corrected chi connectivity index (χ4v) is 3.63. The van der Waals surface area contributed by atoms with Gasteiger partial charge in [-0.05, 0) is 35.9 Å². The molecule has 2 N–H and O–H groups in total. The molecule has 0 aliphatic carbocycles. The van der Waals surface area contributed by atoms with Gasteiger partial charge in [-0.15, -0.1) is 11.3 Å². The van der Waals surface area contributed by atoms with Gasteiger partial charge in [0.25, 0.3) is 0 Å². The summed E-state index contributed by atoms with van der Waals surface area (Å²) < 4.78 is 5.44. The molecule has 128 valence electrons. The van der Waals surface area contributed by atoms with Crippen LogP contribution in [0.4, 0.5) is 10.5 Å². The molecule has 0 unspecified atom stereocenters. The molecular formula is C18H23N3O2S. The van der Waals surface area contributed by atoms with Gasteiger partial charge >= 0.3 is 6.03 Å². The second kappa shape index (κ2) is 8.06. The minimum absolute atomic E-state index is 0.0980. The van der Waals surface area contributed by atoms with Crippen LogP contribution in [0.1, 0.15) is 11.3 Å². The molecule has 0 radical (unpaired) electrons. The lowest BCUT2D eigenvalue weighted by Gasteiger charge is -2.21. The Kier molecular flexibility index (Phi) is 5.59. The number of carbonyl (C=O) groups is 1. The summed E-state index contributed by atoms with van der Waals surface area (Å²) in [5.74, 6) is 1.36. The van der Waals surface area contributed by atoms with Gasteiger partial charge in [0.05, 0.1) is 19.3 Å². The number of urea groups is 1. The zero-order chi connectivity index (χ0) is 16.8. The first kappa shape index (κ1) is 16.6. The molecule has 3 rings (SSSR count). The van der Waals surface area contributed by atoms with Crippen LogP contribution in [0.5, 0.6) is 5.75 Å². The Morgan fingerprint density at radius 2 is 2.17 bits per heavy atom. The zero-order valence-corrected chi connectivity index (χ0v) is 14.6.